The number of hydrogen-bond acceptors (Lipinski definition) is 5. The van der Waals surface area contributed by atoms with Gasteiger partial charge in [-0.05, 0) is 27.7 Å². The molecule has 0 rings (SSSR count). The van der Waals surface area contributed by atoms with Crippen molar-refractivity contribution >= 4 is 21.2 Å². The number of amides is 1. The van der Waals surface area contributed by atoms with Gasteiger partial charge < -0.3 is 10.1 Å². The molecule has 0 fully saturated rings. The Hall–Kier alpha value is -1.15. The van der Waals surface area contributed by atoms with Crippen LogP contribution in [0.5, 0.6) is 0 Å². The monoisotopic (exact) mass is 265 g/mol. The van der Waals surface area contributed by atoms with E-state index in [1.54, 1.807) is 27.7 Å². The van der Waals surface area contributed by atoms with Crippen LogP contribution in [0, 0.1) is 5.41 Å². The Morgan fingerprint density at radius 2 is 1.94 bits per heavy atom. The van der Waals surface area contributed by atoms with Gasteiger partial charge in [0.2, 0.25) is 0 Å². The molecule has 0 saturated carbocycles. The lowest BCUT2D eigenvalue weighted by molar-refractivity contribution is 0.0510. The first kappa shape index (κ1) is 15.9. The minimum absolute atomic E-state index is 0.169. The topological polar surface area (TPSA) is 122 Å². The standard InChI is InChI=1S/C9H19N3O4S/c1-6(5-7(10)17(11,14)15)12-8(13)16-9(2,3)4/h6,10H,5H2,1-4H3,(H,12,13)(H2,11,14,15)/t6-/m0/s1. The molecular weight excluding hydrogens is 246 g/mol. The molecule has 0 aliphatic carbocycles. The molecular formula is C9H19N3O4S. The third-order valence-corrected chi connectivity index (χ3v) is 2.45. The number of carbonyl (C=O) groups excluding carboxylic acids is 1. The highest BCUT2D eigenvalue weighted by molar-refractivity contribution is 8.04. The number of alkyl carbamates (subject to hydrolysis) is 1. The molecule has 0 saturated heterocycles. The molecule has 0 unspecified atom stereocenters. The summed E-state index contributed by atoms with van der Waals surface area (Å²) in [7, 11) is -3.98. The molecule has 17 heavy (non-hydrogen) atoms. The van der Waals surface area contributed by atoms with Crippen LogP contribution in [-0.2, 0) is 14.8 Å². The largest absolute Gasteiger partial charge is 0.444 e. The van der Waals surface area contributed by atoms with Crippen LogP contribution in [0.3, 0.4) is 0 Å². The molecule has 7 nitrogen and oxygen atoms in total. The lowest BCUT2D eigenvalue weighted by Crippen LogP contribution is -2.39. The smallest absolute Gasteiger partial charge is 0.407 e. The van der Waals surface area contributed by atoms with Crippen LogP contribution in [0.25, 0.3) is 0 Å². The number of primary sulfonamides is 1. The SMILES string of the molecule is C[C@@H](CC(=N)S(N)(=O)=O)NC(=O)OC(C)(C)C. The number of nitrogens with one attached hydrogen (secondary N) is 2. The molecule has 4 N–H and O–H groups in total. The van der Waals surface area contributed by atoms with E-state index in [0.717, 1.165) is 0 Å². The van der Waals surface area contributed by atoms with Crippen molar-refractivity contribution in [1.82, 2.24) is 5.32 Å². The van der Waals surface area contributed by atoms with Gasteiger partial charge in [-0.25, -0.2) is 18.4 Å². The second kappa shape index (κ2) is 5.46. The number of sulfonamides is 1. The Bertz CT molecular complexity index is 397. The fourth-order valence-corrected chi connectivity index (χ4v) is 1.44. The van der Waals surface area contributed by atoms with E-state index in [4.69, 9.17) is 15.3 Å². The number of carbonyl (C=O) groups is 1. The van der Waals surface area contributed by atoms with Crippen molar-refractivity contribution in [3.05, 3.63) is 0 Å². The summed E-state index contributed by atoms with van der Waals surface area (Å²) in [6.07, 6.45) is -0.829. The average molecular weight is 265 g/mol. The van der Waals surface area contributed by atoms with E-state index in [1.807, 2.05) is 0 Å². The molecule has 0 heterocycles. The third-order valence-electron chi connectivity index (χ3n) is 1.60. The molecule has 0 aliphatic heterocycles. The van der Waals surface area contributed by atoms with Crippen LogP contribution < -0.4 is 10.5 Å². The Labute approximate surface area is 101 Å². The van der Waals surface area contributed by atoms with Crippen molar-refractivity contribution < 1.29 is 17.9 Å². The summed E-state index contributed by atoms with van der Waals surface area (Å²) in [5.41, 5.74) is -0.628. The number of hydrogen-bond donors (Lipinski definition) is 3. The molecule has 0 aromatic carbocycles. The second-order valence-corrected chi connectivity index (χ2v) is 6.30. The molecule has 1 atom stereocenters. The average Bonchev–Trinajstić information content (AvgIpc) is 1.96. The van der Waals surface area contributed by atoms with E-state index >= 15 is 0 Å². The molecule has 0 aromatic heterocycles. The zero-order valence-corrected chi connectivity index (χ0v) is 11.2. The van der Waals surface area contributed by atoms with Crippen molar-refractivity contribution in [2.45, 2.75) is 45.8 Å². The highest BCUT2D eigenvalue weighted by atomic mass is 32.2. The molecule has 0 radical (unpaired) electrons. The van der Waals surface area contributed by atoms with Crippen LogP contribution in [-0.4, -0.2) is 31.2 Å². The fraction of sp³-hybridized carbons (Fsp3) is 0.778. The van der Waals surface area contributed by atoms with E-state index in [-0.39, 0.29) is 6.42 Å². The molecule has 0 spiro atoms. The molecule has 100 valence electrons. The zero-order valence-electron chi connectivity index (χ0n) is 10.4. The van der Waals surface area contributed by atoms with Crippen LogP contribution >= 0.6 is 0 Å². The van der Waals surface area contributed by atoms with Crippen molar-refractivity contribution in [3.63, 3.8) is 0 Å². The summed E-state index contributed by atoms with van der Waals surface area (Å²) >= 11 is 0. The Balaban J connectivity index is 4.25. The van der Waals surface area contributed by atoms with Gasteiger partial charge in [-0.1, -0.05) is 0 Å². The maximum Gasteiger partial charge on any atom is 0.407 e. The first-order valence-electron chi connectivity index (χ1n) is 5.01. The van der Waals surface area contributed by atoms with Gasteiger partial charge >= 0.3 is 6.09 Å². The third kappa shape index (κ3) is 7.70. The van der Waals surface area contributed by atoms with Crippen molar-refractivity contribution in [3.8, 4) is 0 Å². The van der Waals surface area contributed by atoms with Gasteiger partial charge in [-0.3, -0.25) is 5.41 Å². The normalized spacial score (nSPS) is 13.9. The Kier molecular flexibility index (Phi) is 5.09. The number of ether oxygens (including phenoxy) is 1. The maximum atomic E-state index is 11.3. The fourth-order valence-electron chi connectivity index (χ4n) is 0.954. The van der Waals surface area contributed by atoms with Gasteiger partial charge in [0.25, 0.3) is 10.0 Å². The van der Waals surface area contributed by atoms with Crippen molar-refractivity contribution in [2.24, 2.45) is 5.14 Å². The zero-order chi connectivity index (χ0) is 13.9. The lowest BCUT2D eigenvalue weighted by atomic mass is 10.2. The lowest BCUT2D eigenvalue weighted by Gasteiger charge is -2.21. The van der Waals surface area contributed by atoms with Crippen molar-refractivity contribution in [1.29, 1.82) is 5.41 Å². The number of nitrogens with two attached hydrogens (primary N) is 1. The van der Waals surface area contributed by atoms with Crippen molar-refractivity contribution in [2.75, 3.05) is 0 Å². The van der Waals surface area contributed by atoms with E-state index in [1.165, 1.54) is 0 Å². The molecule has 0 bridgehead atoms. The van der Waals surface area contributed by atoms with Gasteiger partial charge in [-0.2, -0.15) is 0 Å². The van der Waals surface area contributed by atoms with E-state index in [2.05, 4.69) is 5.32 Å². The molecule has 1 amide bonds. The van der Waals surface area contributed by atoms with Gasteiger partial charge in [0.05, 0.1) is 0 Å². The highest BCUT2D eigenvalue weighted by Crippen LogP contribution is 2.07. The van der Waals surface area contributed by atoms with Crippen LogP contribution in [0.15, 0.2) is 0 Å². The van der Waals surface area contributed by atoms with Crippen LogP contribution in [0.1, 0.15) is 34.1 Å². The predicted octanol–water partition coefficient (Wildman–Crippen LogP) is 0.555. The highest BCUT2D eigenvalue weighted by Gasteiger charge is 2.20. The summed E-state index contributed by atoms with van der Waals surface area (Å²) in [5.74, 6) is 0. The minimum atomic E-state index is -3.98. The summed E-state index contributed by atoms with van der Waals surface area (Å²) in [5, 5.41) is 13.7. The summed E-state index contributed by atoms with van der Waals surface area (Å²) < 4.78 is 26.6. The maximum absolute atomic E-state index is 11.3. The van der Waals surface area contributed by atoms with E-state index in [9.17, 15) is 13.2 Å². The first-order chi connectivity index (χ1) is 7.42. The Morgan fingerprint density at radius 3 is 2.29 bits per heavy atom. The Morgan fingerprint density at radius 1 is 1.47 bits per heavy atom. The van der Waals surface area contributed by atoms with Gasteiger partial charge in [-0.15, -0.1) is 0 Å². The predicted molar refractivity (Wildman–Crippen MR) is 64.3 cm³/mol. The van der Waals surface area contributed by atoms with Crippen LogP contribution in [0.2, 0.25) is 0 Å². The molecule has 0 aliphatic rings. The van der Waals surface area contributed by atoms with Gasteiger partial charge in [0.1, 0.15) is 10.6 Å². The van der Waals surface area contributed by atoms with E-state index in [0.29, 0.717) is 0 Å². The van der Waals surface area contributed by atoms with Gasteiger partial charge in [0, 0.05) is 12.5 Å². The second-order valence-electron chi connectivity index (χ2n) is 4.72. The summed E-state index contributed by atoms with van der Waals surface area (Å²) in [6.45, 7) is 6.69. The quantitative estimate of drug-likeness (QED) is 0.509. The van der Waals surface area contributed by atoms with Crippen LogP contribution in [0.4, 0.5) is 4.79 Å². The minimum Gasteiger partial charge on any atom is -0.444 e. The molecule has 8 heteroatoms. The number of rotatable bonds is 3. The van der Waals surface area contributed by atoms with Gasteiger partial charge in [0.15, 0.2) is 0 Å². The van der Waals surface area contributed by atoms with E-state index < -0.39 is 32.8 Å². The first-order valence-corrected chi connectivity index (χ1v) is 6.56. The summed E-state index contributed by atoms with van der Waals surface area (Å²) in [4.78, 5) is 11.3. The summed E-state index contributed by atoms with van der Waals surface area (Å²) in [6, 6.07) is -0.546. The molecule has 0 aromatic rings.